The molecule has 0 aliphatic heterocycles. The van der Waals surface area contributed by atoms with Crippen LogP contribution >= 0.6 is 0 Å². The minimum absolute atomic E-state index is 0.156. The standard InChI is InChI=1S/C5H5NO2.C4H5NO2/c1-4(3-6)5(7)8-2;1-7-4(6)2-3-5/h1H2,2H3;2H2,1H3. The highest BCUT2D eigenvalue weighted by Gasteiger charge is 2.02. The Morgan fingerprint density at radius 1 is 1.27 bits per heavy atom. The van der Waals surface area contributed by atoms with Gasteiger partial charge in [-0.05, 0) is 0 Å². The minimum atomic E-state index is -0.674. The van der Waals surface area contributed by atoms with Crippen molar-refractivity contribution in [2.75, 3.05) is 14.2 Å². The topological polar surface area (TPSA) is 100 Å². The second kappa shape index (κ2) is 9.75. The Morgan fingerprint density at radius 2 is 1.80 bits per heavy atom. The van der Waals surface area contributed by atoms with Gasteiger partial charge in [0.15, 0.2) is 0 Å². The number of carbonyl (C=O) groups excluding carboxylic acids is 2. The van der Waals surface area contributed by atoms with Crippen molar-refractivity contribution in [2.45, 2.75) is 6.42 Å². The van der Waals surface area contributed by atoms with Crippen molar-refractivity contribution in [3.63, 3.8) is 0 Å². The van der Waals surface area contributed by atoms with Crippen LogP contribution in [0.5, 0.6) is 0 Å². The molecule has 0 fully saturated rings. The fraction of sp³-hybridized carbons (Fsp3) is 0.333. The summed E-state index contributed by atoms with van der Waals surface area (Å²) >= 11 is 0. The van der Waals surface area contributed by atoms with E-state index < -0.39 is 11.9 Å². The van der Waals surface area contributed by atoms with Crippen LogP contribution in [-0.2, 0) is 19.1 Å². The van der Waals surface area contributed by atoms with Crippen LogP contribution in [0.1, 0.15) is 6.42 Å². The molecular formula is C9H10N2O4. The van der Waals surface area contributed by atoms with Gasteiger partial charge >= 0.3 is 11.9 Å². The lowest BCUT2D eigenvalue weighted by Crippen LogP contribution is -2.00. The van der Waals surface area contributed by atoms with Gasteiger partial charge in [-0.25, -0.2) is 4.79 Å². The van der Waals surface area contributed by atoms with Crippen molar-refractivity contribution in [3.8, 4) is 12.1 Å². The molecule has 6 nitrogen and oxygen atoms in total. The number of esters is 2. The first-order valence-corrected chi connectivity index (χ1v) is 3.64. The smallest absolute Gasteiger partial charge is 0.347 e. The average molecular weight is 210 g/mol. The zero-order valence-corrected chi connectivity index (χ0v) is 8.44. The third-order valence-corrected chi connectivity index (χ3v) is 1.02. The van der Waals surface area contributed by atoms with Gasteiger partial charge in [0.25, 0.3) is 0 Å². The summed E-state index contributed by atoms with van der Waals surface area (Å²) in [6.07, 6.45) is -0.156. The van der Waals surface area contributed by atoms with Gasteiger partial charge < -0.3 is 9.47 Å². The molecule has 0 heterocycles. The Bertz CT molecular complexity index is 322. The van der Waals surface area contributed by atoms with Gasteiger partial charge in [-0.3, -0.25) is 4.79 Å². The molecule has 0 saturated heterocycles. The van der Waals surface area contributed by atoms with Crippen LogP contribution in [0.15, 0.2) is 12.2 Å². The van der Waals surface area contributed by atoms with E-state index in [1.807, 2.05) is 0 Å². The molecule has 0 aromatic heterocycles. The molecule has 0 radical (unpaired) electrons. The number of nitrogens with zero attached hydrogens (tertiary/aromatic N) is 2. The molecule has 15 heavy (non-hydrogen) atoms. The van der Waals surface area contributed by atoms with Crippen LogP contribution in [0.25, 0.3) is 0 Å². The summed E-state index contributed by atoms with van der Waals surface area (Å²) in [6, 6.07) is 3.19. The lowest BCUT2D eigenvalue weighted by atomic mass is 10.3. The van der Waals surface area contributed by atoms with E-state index >= 15 is 0 Å². The first kappa shape index (κ1) is 15.1. The van der Waals surface area contributed by atoms with Crippen molar-refractivity contribution in [1.29, 1.82) is 10.5 Å². The summed E-state index contributed by atoms with van der Waals surface area (Å²) in [7, 11) is 2.45. The highest BCUT2D eigenvalue weighted by molar-refractivity contribution is 5.91. The zero-order valence-electron chi connectivity index (χ0n) is 8.44. The molecule has 0 N–H and O–H groups in total. The van der Waals surface area contributed by atoms with Crippen LogP contribution in [0.4, 0.5) is 0 Å². The molecule has 6 heteroatoms. The number of hydrogen-bond donors (Lipinski definition) is 0. The third-order valence-electron chi connectivity index (χ3n) is 1.02. The Balaban J connectivity index is 0. The van der Waals surface area contributed by atoms with Crippen LogP contribution in [0.2, 0.25) is 0 Å². The predicted octanol–water partition coefficient (Wildman–Crippen LogP) is 0.312. The maximum Gasteiger partial charge on any atom is 0.347 e. The van der Waals surface area contributed by atoms with E-state index in [-0.39, 0.29) is 12.0 Å². The van der Waals surface area contributed by atoms with E-state index in [4.69, 9.17) is 10.5 Å². The summed E-state index contributed by atoms with van der Waals surface area (Å²) in [5.41, 5.74) is -0.174. The fourth-order valence-corrected chi connectivity index (χ4v) is 0.306. The quantitative estimate of drug-likeness (QED) is 0.369. The highest BCUT2D eigenvalue weighted by Crippen LogP contribution is 1.87. The molecule has 0 amide bonds. The lowest BCUT2D eigenvalue weighted by Gasteiger charge is -1.89. The van der Waals surface area contributed by atoms with Gasteiger partial charge in [-0.15, -0.1) is 0 Å². The zero-order chi connectivity index (χ0) is 12.3. The third kappa shape index (κ3) is 9.57. The van der Waals surface area contributed by atoms with Crippen molar-refractivity contribution >= 4 is 11.9 Å². The number of rotatable bonds is 2. The molecule has 0 spiro atoms. The molecule has 0 aliphatic carbocycles. The Morgan fingerprint density at radius 3 is 1.93 bits per heavy atom. The molecule has 0 bridgehead atoms. The number of carbonyl (C=O) groups is 2. The molecular weight excluding hydrogens is 200 g/mol. The van der Waals surface area contributed by atoms with Gasteiger partial charge in [0.1, 0.15) is 18.1 Å². The normalized spacial score (nSPS) is 6.93. The second-order valence-corrected chi connectivity index (χ2v) is 1.99. The van der Waals surface area contributed by atoms with Crippen molar-refractivity contribution in [1.82, 2.24) is 0 Å². The molecule has 0 aromatic rings. The first-order chi connectivity index (χ1) is 7.03. The SMILES string of the molecule is C=C(C#N)C(=O)OC.COC(=O)CC#N. The van der Waals surface area contributed by atoms with Crippen molar-refractivity contribution in [2.24, 2.45) is 0 Å². The largest absolute Gasteiger partial charge is 0.468 e. The van der Waals surface area contributed by atoms with E-state index in [9.17, 15) is 9.59 Å². The second-order valence-electron chi connectivity index (χ2n) is 1.99. The number of nitriles is 2. The summed E-state index contributed by atoms with van der Waals surface area (Å²) < 4.78 is 8.27. The molecule has 0 rings (SSSR count). The fourth-order valence-electron chi connectivity index (χ4n) is 0.306. The van der Waals surface area contributed by atoms with Gasteiger partial charge in [0.2, 0.25) is 0 Å². The van der Waals surface area contributed by atoms with E-state index in [1.54, 1.807) is 12.1 Å². The van der Waals surface area contributed by atoms with Crippen LogP contribution in [0.3, 0.4) is 0 Å². The average Bonchev–Trinajstić information content (AvgIpc) is 2.27. The molecule has 0 unspecified atom stereocenters. The summed E-state index contributed by atoms with van der Waals surface area (Å²) in [6.45, 7) is 3.11. The van der Waals surface area contributed by atoms with E-state index in [0.717, 1.165) is 0 Å². The number of methoxy groups -OCH3 is 2. The Labute approximate surface area is 87.3 Å². The molecule has 0 aliphatic rings. The predicted molar refractivity (Wildman–Crippen MR) is 49.0 cm³/mol. The monoisotopic (exact) mass is 210 g/mol. The molecule has 80 valence electrons. The molecule has 0 saturated carbocycles. The van der Waals surface area contributed by atoms with E-state index in [2.05, 4.69) is 16.1 Å². The van der Waals surface area contributed by atoms with Crippen LogP contribution < -0.4 is 0 Å². The maximum atomic E-state index is 10.2. The molecule has 0 aromatic carbocycles. The number of hydrogen-bond acceptors (Lipinski definition) is 6. The van der Waals surface area contributed by atoms with Crippen molar-refractivity contribution in [3.05, 3.63) is 12.2 Å². The highest BCUT2D eigenvalue weighted by atomic mass is 16.5. The lowest BCUT2D eigenvalue weighted by molar-refractivity contribution is -0.139. The van der Waals surface area contributed by atoms with E-state index in [0.29, 0.717) is 0 Å². The van der Waals surface area contributed by atoms with Gasteiger partial charge in [0.05, 0.1) is 20.3 Å². The number of ether oxygens (including phenoxy) is 2. The Hall–Kier alpha value is -2.34. The van der Waals surface area contributed by atoms with Gasteiger partial charge in [-0.2, -0.15) is 10.5 Å². The minimum Gasteiger partial charge on any atom is -0.468 e. The van der Waals surface area contributed by atoms with Gasteiger partial charge in [0, 0.05) is 0 Å². The van der Waals surface area contributed by atoms with Crippen LogP contribution in [-0.4, -0.2) is 26.2 Å². The first-order valence-electron chi connectivity index (χ1n) is 3.64. The van der Waals surface area contributed by atoms with Crippen LogP contribution in [0, 0.1) is 22.7 Å². The summed E-state index contributed by atoms with van der Waals surface area (Å²) in [4.78, 5) is 20.2. The summed E-state index contributed by atoms with van der Waals surface area (Å²) in [5, 5.41) is 15.8. The van der Waals surface area contributed by atoms with Crippen molar-refractivity contribution < 1.29 is 19.1 Å². The van der Waals surface area contributed by atoms with Gasteiger partial charge in [-0.1, -0.05) is 6.58 Å². The molecule has 0 atom stereocenters. The Kier molecular flexibility index (Phi) is 9.84. The summed E-state index contributed by atoms with van der Waals surface area (Å²) in [5.74, 6) is -1.16. The maximum absolute atomic E-state index is 10.2. The van der Waals surface area contributed by atoms with E-state index in [1.165, 1.54) is 14.2 Å².